The van der Waals surface area contributed by atoms with Crippen molar-refractivity contribution in [3.8, 4) is 0 Å². The average Bonchev–Trinajstić information content (AvgIpc) is 1.25. The minimum absolute atomic E-state index is 2.11. The van der Waals surface area contributed by atoms with Crippen LogP contribution in [0, 0.1) is 0 Å². The summed E-state index contributed by atoms with van der Waals surface area (Å²) in [5, 5.41) is 0. The van der Waals surface area contributed by atoms with E-state index in [-0.39, 0.29) is 0 Å². The largest absolute Gasteiger partial charge is 0.692 e. The van der Waals surface area contributed by atoms with Crippen LogP contribution >= 0.6 is 8.25 Å². The second-order valence-corrected chi connectivity index (χ2v) is 1.67. The van der Waals surface area contributed by atoms with E-state index in [0.717, 1.165) is 0 Å². The lowest BCUT2D eigenvalue weighted by molar-refractivity contribution is 0.405. The van der Waals surface area contributed by atoms with Crippen molar-refractivity contribution in [2.24, 2.45) is 0 Å². The van der Waals surface area contributed by atoms with E-state index < -0.39 is 18.5 Å². The molecule has 0 fully saturated rings. The zero-order chi connectivity index (χ0) is 7.15. The summed E-state index contributed by atoms with van der Waals surface area (Å²) in [5.74, 6) is 2.56. The van der Waals surface area contributed by atoms with Crippen LogP contribution in [0.15, 0.2) is 0 Å². The van der Waals surface area contributed by atoms with Crippen molar-refractivity contribution < 1.29 is 22.8 Å². The molecule has 0 heterocycles. The molecule has 0 amide bonds. The zero-order valence-electron chi connectivity index (χ0n) is 3.68. The van der Waals surface area contributed by atoms with Crippen LogP contribution < -0.4 is 0 Å². The van der Waals surface area contributed by atoms with Crippen LogP contribution in [0.4, 0.5) is 0 Å². The van der Waals surface area contributed by atoms with E-state index in [1.54, 1.807) is 0 Å². The average molecular weight is 159 g/mol. The monoisotopic (exact) mass is 159 g/mol. The van der Waals surface area contributed by atoms with Crippen molar-refractivity contribution in [2.45, 2.75) is 0 Å². The normalized spacial score (nSPS) is 6.25. The highest BCUT2D eigenvalue weighted by Gasteiger charge is 1.93. The molecule has 0 atom stereocenters. The van der Waals surface area contributed by atoms with E-state index in [1.807, 2.05) is 0 Å². The first-order chi connectivity index (χ1) is 3.46. The van der Waals surface area contributed by atoms with Gasteiger partial charge in [-0.25, -0.2) is 0 Å². The van der Waals surface area contributed by atoms with Crippen molar-refractivity contribution in [1.82, 2.24) is 0 Å². The fourth-order valence-corrected chi connectivity index (χ4v) is 0. The molecule has 0 radical (unpaired) electrons. The maximum atomic E-state index is 8.89. The molecule has 48 valence electrons. The maximum Gasteiger partial charge on any atom is 0.692 e. The predicted octanol–water partition coefficient (Wildman–Crippen LogP) is -1.07. The Morgan fingerprint density at radius 1 is 1.38 bits per heavy atom. The predicted molar refractivity (Wildman–Crippen MR) is 28.1 cm³/mol. The van der Waals surface area contributed by atoms with Crippen LogP contribution in [-0.4, -0.2) is 24.1 Å². The zero-order valence-corrected chi connectivity index (χ0v) is 5.39. The molecule has 0 spiro atoms. The summed E-state index contributed by atoms with van der Waals surface area (Å²) < 4.78 is 26.5. The van der Waals surface area contributed by atoms with E-state index >= 15 is 0 Å². The Morgan fingerprint density at radius 3 is 1.38 bits per heavy atom. The van der Waals surface area contributed by atoms with Gasteiger partial charge in [0.2, 0.25) is 10.3 Å². The molecule has 0 aliphatic heterocycles. The van der Waals surface area contributed by atoms with Gasteiger partial charge in [0.25, 0.3) is 0 Å². The molecule has 0 aliphatic rings. The first-order valence-electron chi connectivity index (χ1n) is 1.20. The Kier molecular flexibility index (Phi) is 8.93. The minimum atomic E-state index is -2.87. The summed E-state index contributed by atoms with van der Waals surface area (Å²) in [7, 11) is -4.98. The smallest absolute Gasteiger partial charge is 0.185 e. The van der Waals surface area contributed by atoms with Crippen LogP contribution in [0.1, 0.15) is 0 Å². The van der Waals surface area contributed by atoms with Gasteiger partial charge in [-0.2, -0.15) is 8.42 Å². The fourth-order valence-electron chi connectivity index (χ4n) is 0. The van der Waals surface area contributed by atoms with Crippen molar-refractivity contribution in [1.29, 1.82) is 0 Å². The van der Waals surface area contributed by atoms with Crippen molar-refractivity contribution >= 4 is 24.4 Å². The number of rotatable bonds is 0. The van der Waals surface area contributed by atoms with Gasteiger partial charge in [0.15, 0.2) is 0 Å². The van der Waals surface area contributed by atoms with Gasteiger partial charge in [0.05, 0.1) is 0 Å². The second kappa shape index (κ2) is 6.71. The van der Waals surface area contributed by atoms with Crippen LogP contribution in [0.2, 0.25) is 0 Å². The molecule has 0 aromatic heterocycles. The Morgan fingerprint density at radius 2 is 1.38 bits per heavy atom. The standard InChI is InChI=1S/CH2O2S.HO3P/c2*1-4(2)3/h1H2;(H-,1,2,3)/p+1. The number of hydrogen-bond acceptors (Lipinski definition) is 3. The lowest BCUT2D eigenvalue weighted by Crippen LogP contribution is -1.39. The van der Waals surface area contributed by atoms with E-state index in [1.165, 1.54) is 0 Å². The van der Waals surface area contributed by atoms with Gasteiger partial charge in [0.1, 0.15) is 0 Å². The molecule has 0 aromatic rings. The summed E-state index contributed by atoms with van der Waals surface area (Å²) >= 11 is 0. The third kappa shape index (κ3) is 1510. The molecular weight excluding hydrogens is 155 g/mol. The summed E-state index contributed by atoms with van der Waals surface area (Å²) in [6, 6.07) is 0. The van der Waals surface area contributed by atoms with Crippen molar-refractivity contribution in [2.75, 3.05) is 0 Å². The van der Waals surface area contributed by atoms with Crippen LogP contribution in [-0.2, 0) is 14.9 Å². The third-order valence-corrected chi connectivity index (χ3v) is 0. The Balaban J connectivity index is 0. The van der Waals surface area contributed by atoms with Crippen molar-refractivity contribution in [3.63, 3.8) is 0 Å². The highest BCUT2D eigenvalue weighted by atomic mass is 32.2. The van der Waals surface area contributed by atoms with E-state index in [0.29, 0.717) is 0 Å². The summed E-state index contributed by atoms with van der Waals surface area (Å²) in [4.78, 5) is 14.2. The third-order valence-electron chi connectivity index (χ3n) is 0. The molecule has 7 heteroatoms. The highest BCUT2D eigenvalue weighted by Crippen LogP contribution is 1.98. The molecule has 2 N–H and O–H groups in total. The van der Waals surface area contributed by atoms with Crippen LogP contribution in [0.5, 0.6) is 0 Å². The van der Waals surface area contributed by atoms with E-state index in [2.05, 4.69) is 5.87 Å². The molecule has 0 unspecified atom stereocenters. The van der Waals surface area contributed by atoms with Crippen LogP contribution in [0.25, 0.3) is 0 Å². The van der Waals surface area contributed by atoms with Gasteiger partial charge in [0, 0.05) is 10.4 Å². The van der Waals surface area contributed by atoms with E-state index in [9.17, 15) is 0 Å². The first-order valence-corrected chi connectivity index (χ1v) is 3.61. The molecular formula is CH4O5PS+. The quantitative estimate of drug-likeness (QED) is 0.346. The van der Waals surface area contributed by atoms with Crippen molar-refractivity contribution in [3.05, 3.63) is 0 Å². The SMILES string of the molecule is C=S(=O)=O.O=[P+](O)O. The first kappa shape index (κ1) is 10.6. The molecule has 0 bridgehead atoms. The lowest BCUT2D eigenvalue weighted by Gasteiger charge is -1.34. The number of hydrogen-bond donors (Lipinski definition) is 2. The van der Waals surface area contributed by atoms with Gasteiger partial charge in [-0.3, -0.25) is 0 Å². The second-order valence-electron chi connectivity index (χ2n) is 0.556. The molecule has 0 saturated carbocycles. The lowest BCUT2D eigenvalue weighted by atomic mass is 12.0. The Bertz CT molecular complexity index is 141. The minimum Gasteiger partial charge on any atom is -0.185 e. The Labute approximate surface area is 48.1 Å². The highest BCUT2D eigenvalue weighted by molar-refractivity contribution is 7.70. The topological polar surface area (TPSA) is 91.7 Å². The van der Waals surface area contributed by atoms with E-state index in [4.69, 9.17) is 22.8 Å². The molecule has 0 rings (SSSR count). The molecule has 8 heavy (non-hydrogen) atoms. The molecule has 0 aliphatic carbocycles. The molecule has 0 saturated heterocycles. The molecule has 0 aromatic carbocycles. The van der Waals surface area contributed by atoms with Gasteiger partial charge >= 0.3 is 8.25 Å². The maximum absolute atomic E-state index is 8.89. The summed E-state index contributed by atoms with van der Waals surface area (Å²) in [5.41, 5.74) is 0. The summed E-state index contributed by atoms with van der Waals surface area (Å²) in [6.45, 7) is 0. The van der Waals surface area contributed by atoms with Gasteiger partial charge in [-0.05, 0) is 0 Å². The molecule has 5 nitrogen and oxygen atoms in total. The Hall–Kier alpha value is -0.290. The fraction of sp³-hybridized carbons (Fsp3) is 0. The van der Waals surface area contributed by atoms with Crippen LogP contribution in [0.3, 0.4) is 0 Å². The van der Waals surface area contributed by atoms with Gasteiger partial charge < -0.3 is 0 Å². The summed E-state index contributed by atoms with van der Waals surface area (Å²) in [6.07, 6.45) is 0. The van der Waals surface area contributed by atoms with Gasteiger partial charge in [-0.15, -0.1) is 9.79 Å². The van der Waals surface area contributed by atoms with Gasteiger partial charge in [-0.1, -0.05) is 0 Å².